The molecule has 0 aliphatic carbocycles. The highest BCUT2D eigenvalue weighted by Gasteiger charge is 2.47. The van der Waals surface area contributed by atoms with Crippen LogP contribution in [0.5, 0.6) is 0 Å². The summed E-state index contributed by atoms with van der Waals surface area (Å²) >= 11 is 0. The van der Waals surface area contributed by atoms with Crippen molar-refractivity contribution in [2.75, 3.05) is 25.0 Å². The molecule has 1 saturated heterocycles. The molecule has 0 bridgehead atoms. The Morgan fingerprint density at radius 2 is 1.84 bits per heavy atom. The summed E-state index contributed by atoms with van der Waals surface area (Å²) in [6, 6.07) is 18.4. The van der Waals surface area contributed by atoms with Gasteiger partial charge in [-0.3, -0.25) is 4.79 Å². The van der Waals surface area contributed by atoms with Crippen molar-refractivity contribution in [2.45, 2.75) is 31.6 Å². The molecule has 1 atom stereocenters. The molecule has 2 heterocycles. The molecule has 1 N–H and O–H groups in total. The predicted molar refractivity (Wildman–Crippen MR) is 129 cm³/mol. The molecule has 1 unspecified atom stereocenters. The molecular weight excluding hydrogens is 380 g/mol. The lowest BCUT2D eigenvalue weighted by Gasteiger charge is -2.36. The summed E-state index contributed by atoms with van der Waals surface area (Å²) in [7, 11) is 0. The van der Waals surface area contributed by atoms with Crippen molar-refractivity contribution in [2.24, 2.45) is 5.92 Å². The van der Waals surface area contributed by atoms with Gasteiger partial charge in [0, 0.05) is 5.69 Å². The molecule has 2 aliphatic rings. The number of carbonyl (C=O) groups excluding carboxylic acids is 1. The van der Waals surface area contributed by atoms with Crippen LogP contribution in [-0.4, -0.2) is 30.4 Å². The van der Waals surface area contributed by atoms with Gasteiger partial charge < -0.3 is 10.2 Å². The molecule has 31 heavy (non-hydrogen) atoms. The minimum absolute atomic E-state index is 0.0977. The van der Waals surface area contributed by atoms with Crippen LogP contribution in [0.3, 0.4) is 0 Å². The summed E-state index contributed by atoms with van der Waals surface area (Å²) < 4.78 is 0. The van der Waals surface area contributed by atoms with E-state index in [1.54, 1.807) is 0 Å². The highest BCUT2D eigenvalue weighted by molar-refractivity contribution is 6.08. The number of likely N-dealkylation sites (tertiary alicyclic amines) is 1. The third kappa shape index (κ3) is 4.15. The third-order valence-corrected chi connectivity index (χ3v) is 6.91. The summed E-state index contributed by atoms with van der Waals surface area (Å²) in [5, 5.41) is 3.14. The number of anilines is 1. The maximum atomic E-state index is 13.4. The Bertz CT molecular complexity index is 983. The lowest BCUT2D eigenvalue weighted by Crippen LogP contribution is -2.42. The Hall–Kier alpha value is -2.91. The van der Waals surface area contributed by atoms with E-state index in [1.165, 1.54) is 5.57 Å². The Kier molecular flexibility index (Phi) is 6.53. The minimum Gasteiger partial charge on any atom is -0.325 e. The van der Waals surface area contributed by atoms with Crippen LogP contribution in [0, 0.1) is 5.92 Å². The molecule has 1 fully saturated rings. The van der Waals surface area contributed by atoms with Gasteiger partial charge in [-0.05, 0) is 74.5 Å². The lowest BCUT2D eigenvalue weighted by atomic mass is 9.72. The fourth-order valence-corrected chi connectivity index (χ4v) is 5.18. The van der Waals surface area contributed by atoms with Crippen LogP contribution in [0.4, 0.5) is 5.69 Å². The second kappa shape index (κ2) is 9.49. The molecular formula is C28H32N2O. The van der Waals surface area contributed by atoms with E-state index < -0.39 is 5.41 Å². The molecule has 0 saturated carbocycles. The fourth-order valence-electron chi connectivity index (χ4n) is 5.18. The molecule has 4 rings (SSSR count). The van der Waals surface area contributed by atoms with Crippen molar-refractivity contribution >= 4 is 11.6 Å². The summed E-state index contributed by atoms with van der Waals surface area (Å²) in [5.41, 5.74) is 3.92. The predicted octanol–water partition coefficient (Wildman–Crippen LogP) is 5.72. The van der Waals surface area contributed by atoms with Gasteiger partial charge in [-0.15, -0.1) is 0 Å². The monoisotopic (exact) mass is 412 g/mol. The van der Waals surface area contributed by atoms with E-state index >= 15 is 0 Å². The largest absolute Gasteiger partial charge is 0.325 e. The number of amides is 1. The van der Waals surface area contributed by atoms with Crippen LogP contribution in [-0.2, 0) is 10.2 Å². The zero-order chi connectivity index (χ0) is 21.7. The summed E-state index contributed by atoms with van der Waals surface area (Å²) in [6.07, 6.45) is 11.4. The average Bonchev–Trinajstić information content (AvgIpc) is 3.11. The van der Waals surface area contributed by atoms with Crippen molar-refractivity contribution in [3.63, 3.8) is 0 Å². The van der Waals surface area contributed by atoms with Gasteiger partial charge in [-0.25, -0.2) is 0 Å². The Morgan fingerprint density at radius 3 is 2.55 bits per heavy atom. The molecule has 2 aliphatic heterocycles. The van der Waals surface area contributed by atoms with Crippen LogP contribution in [0.1, 0.15) is 37.3 Å². The van der Waals surface area contributed by atoms with Gasteiger partial charge in [0.2, 0.25) is 5.91 Å². The Labute approximate surface area is 186 Å². The lowest BCUT2D eigenvalue weighted by molar-refractivity contribution is -0.119. The van der Waals surface area contributed by atoms with Crippen LogP contribution < -0.4 is 5.32 Å². The Balaban J connectivity index is 1.50. The average molecular weight is 413 g/mol. The van der Waals surface area contributed by atoms with E-state index in [9.17, 15) is 4.79 Å². The highest BCUT2D eigenvalue weighted by atomic mass is 16.2. The number of hydrogen-bond donors (Lipinski definition) is 1. The van der Waals surface area contributed by atoms with Crippen LogP contribution >= 0.6 is 0 Å². The van der Waals surface area contributed by atoms with Gasteiger partial charge in [-0.1, -0.05) is 79.4 Å². The summed E-state index contributed by atoms with van der Waals surface area (Å²) in [6.45, 7) is 8.95. The van der Waals surface area contributed by atoms with E-state index in [0.717, 1.165) is 55.7 Å². The van der Waals surface area contributed by atoms with Gasteiger partial charge in [0.25, 0.3) is 0 Å². The van der Waals surface area contributed by atoms with Crippen molar-refractivity contribution < 1.29 is 4.79 Å². The topological polar surface area (TPSA) is 32.3 Å². The van der Waals surface area contributed by atoms with Crippen molar-refractivity contribution in [3.05, 3.63) is 102 Å². The van der Waals surface area contributed by atoms with E-state index in [4.69, 9.17) is 0 Å². The van der Waals surface area contributed by atoms with Gasteiger partial charge in [-0.2, -0.15) is 0 Å². The third-order valence-electron chi connectivity index (χ3n) is 6.91. The summed E-state index contributed by atoms with van der Waals surface area (Å²) in [4.78, 5) is 15.9. The standard InChI is InChI=1S/C28H32N2O/c1-3-5-11-22(4-2)23-16-19-30(20-17-23)21-18-28(24-12-7-6-8-13-24)25-14-9-10-15-26(25)29-27(28)31/h3-15,23H,1,16-21H2,2H3,(H,29,31)/b11-5-,22-4+. The molecule has 2 aromatic rings. The normalized spacial score (nSPS) is 22.5. The zero-order valence-corrected chi connectivity index (χ0v) is 18.4. The summed E-state index contributed by atoms with van der Waals surface area (Å²) in [5.74, 6) is 0.705. The molecule has 1 amide bonds. The quantitative estimate of drug-likeness (QED) is 0.590. The van der Waals surface area contributed by atoms with E-state index in [2.05, 4.69) is 54.1 Å². The number of allylic oxidation sites excluding steroid dienone is 5. The van der Waals surface area contributed by atoms with Crippen LogP contribution in [0.2, 0.25) is 0 Å². The molecule has 160 valence electrons. The minimum atomic E-state index is -0.615. The number of nitrogens with one attached hydrogen (secondary N) is 1. The number of rotatable bonds is 7. The molecule has 0 spiro atoms. The van der Waals surface area contributed by atoms with Crippen molar-refractivity contribution in [1.82, 2.24) is 4.90 Å². The maximum absolute atomic E-state index is 13.4. The smallest absolute Gasteiger partial charge is 0.239 e. The second-order valence-corrected chi connectivity index (χ2v) is 8.52. The number of nitrogens with zero attached hydrogens (tertiary/aromatic N) is 1. The number of carbonyl (C=O) groups is 1. The molecule has 3 heteroatoms. The van der Waals surface area contributed by atoms with Gasteiger partial charge >= 0.3 is 0 Å². The van der Waals surface area contributed by atoms with Gasteiger partial charge in [0.05, 0.1) is 0 Å². The number of fused-ring (bicyclic) bond motifs is 1. The molecule has 0 radical (unpaired) electrons. The van der Waals surface area contributed by atoms with E-state index in [-0.39, 0.29) is 5.91 Å². The number of para-hydroxylation sites is 1. The maximum Gasteiger partial charge on any atom is 0.239 e. The van der Waals surface area contributed by atoms with Crippen molar-refractivity contribution in [3.8, 4) is 0 Å². The Morgan fingerprint density at radius 1 is 1.13 bits per heavy atom. The van der Waals surface area contributed by atoms with Gasteiger partial charge in [0.15, 0.2) is 0 Å². The SMILES string of the molecule is C=C/C=C\C(=C/C)C1CCN(CCC2(c3ccccc3)C(=O)Nc3ccccc32)CC1. The first-order chi connectivity index (χ1) is 15.2. The first kappa shape index (κ1) is 21.3. The first-order valence-corrected chi connectivity index (χ1v) is 11.3. The van der Waals surface area contributed by atoms with Crippen LogP contribution in [0.15, 0.2) is 91.1 Å². The molecule has 2 aromatic carbocycles. The first-order valence-electron chi connectivity index (χ1n) is 11.3. The second-order valence-electron chi connectivity index (χ2n) is 8.52. The van der Waals surface area contributed by atoms with Crippen molar-refractivity contribution in [1.29, 1.82) is 0 Å². The zero-order valence-electron chi connectivity index (χ0n) is 18.4. The van der Waals surface area contributed by atoms with Crippen LogP contribution in [0.25, 0.3) is 0 Å². The highest BCUT2D eigenvalue weighted by Crippen LogP contribution is 2.45. The molecule has 0 aromatic heterocycles. The number of benzene rings is 2. The van der Waals surface area contributed by atoms with E-state index in [0.29, 0.717) is 5.92 Å². The number of hydrogen-bond acceptors (Lipinski definition) is 2. The van der Waals surface area contributed by atoms with Gasteiger partial charge in [0.1, 0.15) is 5.41 Å². The molecule has 3 nitrogen and oxygen atoms in total. The fraction of sp³-hybridized carbons (Fsp3) is 0.321. The van der Waals surface area contributed by atoms with E-state index in [1.807, 2.05) is 48.6 Å². The number of piperidine rings is 1.